The first-order chi connectivity index (χ1) is 5.12. The predicted octanol–water partition coefficient (Wildman–Crippen LogP) is 1.78. The molecule has 1 atom stereocenters. The van der Waals surface area contributed by atoms with Crippen LogP contribution in [-0.4, -0.2) is 22.1 Å². The Bertz CT molecular complexity index is 121. The number of hydrogen-bond donors (Lipinski definition) is 2. The lowest BCUT2D eigenvalue weighted by Crippen LogP contribution is -2.24. The molecule has 0 aromatic rings. The number of rotatable bonds is 5. The highest BCUT2D eigenvalue weighted by atomic mass is 16.4. The average molecular weight is 159 g/mol. The maximum absolute atomic E-state index is 9.57. The van der Waals surface area contributed by atoms with E-state index in [9.17, 15) is 5.11 Å². The van der Waals surface area contributed by atoms with Crippen molar-refractivity contribution < 1.29 is 10.3 Å². The van der Waals surface area contributed by atoms with Crippen LogP contribution in [0.2, 0.25) is 0 Å². The number of hydrogen-bond acceptors (Lipinski definition) is 3. The molecule has 0 bridgehead atoms. The highest BCUT2D eigenvalue weighted by Crippen LogP contribution is 2.15. The largest absolute Gasteiger partial charge is 0.411 e. The SMILES string of the molecule is CCCCC(C)(O)CC=NO. The fraction of sp³-hybridized carbons (Fsp3) is 0.875. The third kappa shape index (κ3) is 5.85. The van der Waals surface area contributed by atoms with Gasteiger partial charge >= 0.3 is 0 Å². The monoisotopic (exact) mass is 159 g/mol. The Hall–Kier alpha value is -0.570. The molecule has 0 aromatic heterocycles. The summed E-state index contributed by atoms with van der Waals surface area (Å²) >= 11 is 0. The molecule has 0 aliphatic rings. The van der Waals surface area contributed by atoms with E-state index in [0.717, 1.165) is 19.3 Å². The smallest absolute Gasteiger partial charge is 0.0670 e. The van der Waals surface area contributed by atoms with Crippen LogP contribution >= 0.6 is 0 Å². The number of oxime groups is 1. The van der Waals surface area contributed by atoms with Crippen LogP contribution in [-0.2, 0) is 0 Å². The fourth-order valence-electron chi connectivity index (χ4n) is 0.897. The Kier molecular flexibility index (Phi) is 4.86. The molecular weight excluding hydrogens is 142 g/mol. The lowest BCUT2D eigenvalue weighted by Gasteiger charge is -2.20. The molecule has 11 heavy (non-hydrogen) atoms. The molecule has 3 nitrogen and oxygen atoms in total. The highest BCUT2D eigenvalue weighted by Gasteiger charge is 2.17. The standard InChI is InChI=1S/C8H17NO2/c1-3-4-5-8(2,10)6-7-9-11/h7,10-11H,3-6H2,1-2H3. The molecule has 0 heterocycles. The van der Waals surface area contributed by atoms with Gasteiger partial charge in [0.15, 0.2) is 0 Å². The Morgan fingerprint density at radius 2 is 2.18 bits per heavy atom. The van der Waals surface area contributed by atoms with Gasteiger partial charge in [0.25, 0.3) is 0 Å². The van der Waals surface area contributed by atoms with E-state index in [2.05, 4.69) is 12.1 Å². The first-order valence-electron chi connectivity index (χ1n) is 4.00. The second kappa shape index (κ2) is 5.13. The minimum atomic E-state index is -0.706. The van der Waals surface area contributed by atoms with E-state index in [-0.39, 0.29) is 0 Å². The Labute approximate surface area is 67.7 Å². The summed E-state index contributed by atoms with van der Waals surface area (Å²) in [5, 5.41) is 20.5. The Morgan fingerprint density at radius 1 is 1.55 bits per heavy atom. The molecule has 0 saturated carbocycles. The Morgan fingerprint density at radius 3 is 2.64 bits per heavy atom. The minimum Gasteiger partial charge on any atom is -0.411 e. The quantitative estimate of drug-likeness (QED) is 0.365. The minimum absolute atomic E-state index is 0.420. The molecular formula is C8H17NO2. The van der Waals surface area contributed by atoms with Gasteiger partial charge in [-0.3, -0.25) is 0 Å². The molecule has 1 unspecified atom stereocenters. The summed E-state index contributed by atoms with van der Waals surface area (Å²) in [5.41, 5.74) is -0.706. The summed E-state index contributed by atoms with van der Waals surface area (Å²) in [6.07, 6.45) is 4.59. The third-order valence-electron chi connectivity index (χ3n) is 1.68. The number of nitrogens with zero attached hydrogens (tertiary/aromatic N) is 1. The molecule has 0 aliphatic carbocycles. The van der Waals surface area contributed by atoms with E-state index >= 15 is 0 Å². The molecule has 0 rings (SSSR count). The molecule has 0 aliphatic heterocycles. The molecule has 0 fully saturated rings. The number of aliphatic hydroxyl groups is 1. The molecule has 0 radical (unpaired) electrons. The molecule has 2 N–H and O–H groups in total. The van der Waals surface area contributed by atoms with E-state index in [1.807, 2.05) is 0 Å². The zero-order valence-electron chi connectivity index (χ0n) is 7.25. The second-order valence-electron chi connectivity index (χ2n) is 3.10. The summed E-state index contributed by atoms with van der Waals surface area (Å²) in [4.78, 5) is 0. The zero-order chi connectivity index (χ0) is 8.74. The van der Waals surface area contributed by atoms with Crippen LogP contribution < -0.4 is 0 Å². The van der Waals surface area contributed by atoms with Crippen LogP contribution in [0.15, 0.2) is 5.16 Å². The molecule has 0 amide bonds. The maximum atomic E-state index is 9.57. The van der Waals surface area contributed by atoms with Crippen molar-refractivity contribution in [3.63, 3.8) is 0 Å². The van der Waals surface area contributed by atoms with Crippen molar-refractivity contribution in [2.45, 2.75) is 45.1 Å². The van der Waals surface area contributed by atoms with Crippen LogP contribution in [0.25, 0.3) is 0 Å². The van der Waals surface area contributed by atoms with Crippen molar-refractivity contribution in [2.75, 3.05) is 0 Å². The van der Waals surface area contributed by atoms with Crippen LogP contribution in [0.5, 0.6) is 0 Å². The number of unbranched alkanes of at least 4 members (excludes halogenated alkanes) is 1. The van der Waals surface area contributed by atoms with Gasteiger partial charge in [0.1, 0.15) is 0 Å². The normalized spacial score (nSPS) is 17.0. The van der Waals surface area contributed by atoms with Gasteiger partial charge in [-0.25, -0.2) is 0 Å². The molecule has 3 heteroatoms. The topological polar surface area (TPSA) is 52.8 Å². The first kappa shape index (κ1) is 10.4. The van der Waals surface area contributed by atoms with Gasteiger partial charge in [0.2, 0.25) is 0 Å². The highest BCUT2D eigenvalue weighted by molar-refractivity contribution is 5.57. The summed E-state index contributed by atoms with van der Waals surface area (Å²) in [5.74, 6) is 0. The van der Waals surface area contributed by atoms with Gasteiger partial charge < -0.3 is 10.3 Å². The van der Waals surface area contributed by atoms with Crippen molar-refractivity contribution in [1.29, 1.82) is 0 Å². The van der Waals surface area contributed by atoms with E-state index < -0.39 is 5.60 Å². The van der Waals surface area contributed by atoms with Crippen molar-refractivity contribution in [3.8, 4) is 0 Å². The first-order valence-corrected chi connectivity index (χ1v) is 4.00. The van der Waals surface area contributed by atoms with Gasteiger partial charge in [-0.2, -0.15) is 0 Å². The summed E-state index contributed by atoms with van der Waals surface area (Å²) in [7, 11) is 0. The third-order valence-corrected chi connectivity index (χ3v) is 1.68. The van der Waals surface area contributed by atoms with Crippen LogP contribution in [0.3, 0.4) is 0 Å². The van der Waals surface area contributed by atoms with Crippen LogP contribution in [0.1, 0.15) is 39.5 Å². The van der Waals surface area contributed by atoms with E-state index in [1.54, 1.807) is 6.92 Å². The van der Waals surface area contributed by atoms with Crippen molar-refractivity contribution in [3.05, 3.63) is 0 Å². The van der Waals surface area contributed by atoms with Crippen molar-refractivity contribution in [2.24, 2.45) is 5.16 Å². The summed E-state index contributed by atoms with van der Waals surface area (Å²) < 4.78 is 0. The second-order valence-corrected chi connectivity index (χ2v) is 3.10. The molecule has 0 aromatic carbocycles. The maximum Gasteiger partial charge on any atom is 0.0670 e. The summed E-state index contributed by atoms with van der Waals surface area (Å²) in [6.45, 7) is 3.83. The lowest BCUT2D eigenvalue weighted by molar-refractivity contribution is 0.0566. The van der Waals surface area contributed by atoms with Gasteiger partial charge in [0, 0.05) is 12.6 Å². The zero-order valence-corrected chi connectivity index (χ0v) is 7.25. The van der Waals surface area contributed by atoms with E-state index in [1.165, 1.54) is 6.21 Å². The van der Waals surface area contributed by atoms with Crippen molar-refractivity contribution in [1.82, 2.24) is 0 Å². The lowest BCUT2D eigenvalue weighted by atomic mass is 9.96. The fourth-order valence-corrected chi connectivity index (χ4v) is 0.897. The van der Waals surface area contributed by atoms with Gasteiger partial charge in [-0.1, -0.05) is 19.8 Å². The molecule has 66 valence electrons. The molecule has 0 spiro atoms. The van der Waals surface area contributed by atoms with Crippen LogP contribution in [0, 0.1) is 0 Å². The van der Waals surface area contributed by atoms with Gasteiger partial charge in [-0.15, -0.1) is 5.16 Å². The predicted molar refractivity (Wildman–Crippen MR) is 45.0 cm³/mol. The van der Waals surface area contributed by atoms with E-state index in [4.69, 9.17) is 5.21 Å². The van der Waals surface area contributed by atoms with E-state index in [0.29, 0.717) is 6.42 Å². The summed E-state index contributed by atoms with van der Waals surface area (Å²) in [6, 6.07) is 0. The van der Waals surface area contributed by atoms with Gasteiger partial charge in [-0.05, 0) is 13.3 Å². The van der Waals surface area contributed by atoms with Crippen molar-refractivity contribution >= 4 is 6.21 Å². The van der Waals surface area contributed by atoms with Gasteiger partial charge in [0.05, 0.1) is 5.60 Å². The average Bonchev–Trinajstić information content (AvgIpc) is 1.97. The van der Waals surface area contributed by atoms with Crippen LogP contribution in [0.4, 0.5) is 0 Å². The molecule has 0 saturated heterocycles. The Balaban J connectivity index is 3.60.